The summed E-state index contributed by atoms with van der Waals surface area (Å²) in [5, 5.41) is 1.10. The van der Waals surface area contributed by atoms with Crippen LogP contribution in [0.1, 0.15) is 22.8 Å². The summed E-state index contributed by atoms with van der Waals surface area (Å²) in [6, 6.07) is 17.8. The molecule has 0 fully saturated rings. The van der Waals surface area contributed by atoms with E-state index in [4.69, 9.17) is 9.47 Å². The van der Waals surface area contributed by atoms with E-state index < -0.39 is 0 Å². The molecule has 6 nitrogen and oxygen atoms in total. The minimum absolute atomic E-state index is 0.0273. The lowest BCUT2D eigenvalue weighted by Crippen LogP contribution is -2.31. The number of hydrogen-bond acceptors (Lipinski definition) is 4. The highest BCUT2D eigenvalue weighted by Crippen LogP contribution is 2.31. The Morgan fingerprint density at radius 1 is 1.09 bits per heavy atom. The normalized spacial score (nSPS) is 13.6. The van der Waals surface area contributed by atoms with Crippen molar-refractivity contribution in [1.29, 1.82) is 0 Å². The van der Waals surface area contributed by atoms with E-state index in [0.717, 1.165) is 40.0 Å². The van der Waals surface area contributed by atoms with E-state index in [1.165, 1.54) is 0 Å². The van der Waals surface area contributed by atoms with Crippen LogP contribution in [0.4, 0.5) is 0 Å². The largest absolute Gasteiger partial charge is 0.497 e. The summed E-state index contributed by atoms with van der Waals surface area (Å²) < 4.78 is 13.4. The van der Waals surface area contributed by atoms with E-state index >= 15 is 0 Å². The van der Waals surface area contributed by atoms with Crippen molar-refractivity contribution in [2.45, 2.75) is 20.0 Å². The van der Waals surface area contributed by atoms with Crippen molar-refractivity contribution in [3.8, 4) is 22.6 Å². The predicted molar refractivity (Wildman–Crippen MR) is 124 cm³/mol. The Kier molecular flexibility index (Phi) is 5.27. The van der Waals surface area contributed by atoms with E-state index in [0.29, 0.717) is 31.0 Å². The zero-order valence-electron chi connectivity index (χ0n) is 18.2. The van der Waals surface area contributed by atoms with Gasteiger partial charge in [-0.1, -0.05) is 18.2 Å². The molecule has 1 aliphatic heterocycles. The maximum atomic E-state index is 13.3. The molecule has 1 aliphatic rings. The fourth-order valence-corrected chi connectivity index (χ4v) is 4.17. The minimum atomic E-state index is -0.0273. The van der Waals surface area contributed by atoms with Crippen molar-refractivity contribution >= 4 is 16.9 Å². The van der Waals surface area contributed by atoms with Gasteiger partial charge in [0.05, 0.1) is 19.2 Å². The van der Waals surface area contributed by atoms with Crippen molar-refractivity contribution < 1.29 is 14.3 Å². The van der Waals surface area contributed by atoms with Crippen LogP contribution in [0.5, 0.6) is 11.5 Å². The highest BCUT2D eigenvalue weighted by molar-refractivity contribution is 5.98. The van der Waals surface area contributed by atoms with Crippen LogP contribution >= 0.6 is 0 Å². The number of amides is 1. The first-order valence-corrected chi connectivity index (χ1v) is 10.8. The maximum Gasteiger partial charge on any atom is 0.258 e. The molecular weight excluding hydrogens is 402 g/mol. The number of pyridine rings is 1. The quantitative estimate of drug-likeness (QED) is 0.461. The molecule has 0 radical (unpaired) electrons. The van der Waals surface area contributed by atoms with Crippen molar-refractivity contribution in [2.24, 2.45) is 0 Å². The van der Waals surface area contributed by atoms with Crippen LogP contribution in [-0.2, 0) is 13.1 Å². The molecule has 6 heteroatoms. The molecule has 162 valence electrons. The van der Waals surface area contributed by atoms with Gasteiger partial charge in [-0.2, -0.15) is 0 Å². The second-order valence-electron chi connectivity index (χ2n) is 7.88. The third kappa shape index (κ3) is 3.68. The summed E-state index contributed by atoms with van der Waals surface area (Å²) in [5.74, 6) is 1.37. The number of nitrogens with zero attached hydrogens (tertiary/aromatic N) is 3. The van der Waals surface area contributed by atoms with Gasteiger partial charge in [-0.05, 0) is 54.4 Å². The predicted octanol–water partition coefficient (Wildman–Crippen LogP) is 4.77. The van der Waals surface area contributed by atoms with E-state index in [2.05, 4.69) is 34.8 Å². The van der Waals surface area contributed by atoms with E-state index in [-0.39, 0.29) is 5.91 Å². The van der Waals surface area contributed by atoms with E-state index in [1.807, 2.05) is 53.6 Å². The van der Waals surface area contributed by atoms with Crippen LogP contribution < -0.4 is 9.47 Å². The Bertz CT molecular complexity index is 1290. The third-order valence-corrected chi connectivity index (χ3v) is 5.90. The zero-order valence-corrected chi connectivity index (χ0v) is 18.2. The molecule has 2 aromatic carbocycles. The zero-order chi connectivity index (χ0) is 22.1. The van der Waals surface area contributed by atoms with Gasteiger partial charge in [-0.3, -0.25) is 4.79 Å². The fraction of sp³-hybridized carbons (Fsp3) is 0.231. The average Bonchev–Trinajstić information content (AvgIpc) is 3.18. The van der Waals surface area contributed by atoms with Gasteiger partial charge in [-0.25, -0.2) is 4.98 Å². The molecule has 5 rings (SSSR count). The minimum Gasteiger partial charge on any atom is -0.497 e. The molecule has 2 aromatic heterocycles. The lowest BCUT2D eigenvalue weighted by Gasteiger charge is -2.20. The number of aromatic nitrogens is 2. The Labute approximate surface area is 187 Å². The van der Waals surface area contributed by atoms with Crippen LogP contribution in [0.15, 0.2) is 67.0 Å². The Morgan fingerprint density at radius 3 is 2.84 bits per heavy atom. The van der Waals surface area contributed by atoms with Gasteiger partial charge in [0.1, 0.15) is 23.8 Å². The molecule has 3 heterocycles. The fourth-order valence-electron chi connectivity index (χ4n) is 4.17. The molecule has 0 saturated heterocycles. The van der Waals surface area contributed by atoms with Gasteiger partial charge in [0.2, 0.25) is 0 Å². The summed E-state index contributed by atoms with van der Waals surface area (Å²) in [6.07, 6.45) is 3.93. The second kappa shape index (κ2) is 8.38. The number of fused-ring (bicyclic) bond motifs is 2. The van der Waals surface area contributed by atoms with E-state index in [1.54, 1.807) is 7.11 Å². The summed E-state index contributed by atoms with van der Waals surface area (Å²) in [5.41, 5.74) is 4.57. The summed E-state index contributed by atoms with van der Waals surface area (Å²) in [6.45, 7) is 4.47. The smallest absolute Gasteiger partial charge is 0.258 e. The maximum absolute atomic E-state index is 13.3. The molecule has 0 aliphatic carbocycles. The molecule has 1 amide bonds. The molecule has 0 unspecified atom stereocenters. The molecule has 0 saturated carbocycles. The van der Waals surface area contributed by atoms with Gasteiger partial charge < -0.3 is 18.9 Å². The molecule has 0 spiro atoms. The Balaban J connectivity index is 1.42. The molecule has 0 atom stereocenters. The number of ether oxygens (including phenoxy) is 2. The summed E-state index contributed by atoms with van der Waals surface area (Å²) in [7, 11) is 1.64. The lowest BCUT2D eigenvalue weighted by molar-refractivity contribution is 0.0743. The highest BCUT2D eigenvalue weighted by Gasteiger charge is 2.24. The number of benzene rings is 2. The number of rotatable bonds is 5. The summed E-state index contributed by atoms with van der Waals surface area (Å²) >= 11 is 0. The van der Waals surface area contributed by atoms with Crippen LogP contribution in [0, 0.1) is 0 Å². The Hall–Kier alpha value is -3.80. The number of hydrogen-bond donors (Lipinski definition) is 0. The Morgan fingerprint density at radius 2 is 2.00 bits per heavy atom. The second-order valence-corrected chi connectivity index (χ2v) is 7.88. The number of methoxy groups -OCH3 is 1. The van der Waals surface area contributed by atoms with E-state index in [9.17, 15) is 4.79 Å². The first kappa shape index (κ1) is 20.1. The van der Waals surface area contributed by atoms with Crippen molar-refractivity contribution in [1.82, 2.24) is 14.5 Å². The molecule has 0 bridgehead atoms. The number of carbonyl (C=O) groups excluding carboxylic acids is 1. The van der Waals surface area contributed by atoms with Crippen molar-refractivity contribution in [3.05, 3.63) is 78.1 Å². The monoisotopic (exact) mass is 427 g/mol. The molecule has 32 heavy (non-hydrogen) atoms. The van der Waals surface area contributed by atoms with Crippen molar-refractivity contribution in [3.63, 3.8) is 0 Å². The van der Waals surface area contributed by atoms with Gasteiger partial charge >= 0.3 is 0 Å². The van der Waals surface area contributed by atoms with Crippen LogP contribution in [-0.4, -0.2) is 40.6 Å². The SMILES string of the molecule is CCn1ccc2cc(-c3ccc4c(c3)OCCN(Cc3cccc(OC)c3)C4=O)cnc21. The first-order valence-electron chi connectivity index (χ1n) is 10.8. The topological polar surface area (TPSA) is 56.6 Å². The standard InChI is InChI=1S/C26H25N3O3/c1-3-28-10-9-20-14-21(16-27-25(20)28)19-7-8-23-24(15-19)32-12-11-29(26(23)30)17-18-5-4-6-22(13-18)31-2/h4-10,13-16H,3,11-12,17H2,1-2H3. The van der Waals surface area contributed by atoms with Crippen molar-refractivity contribution in [2.75, 3.05) is 20.3 Å². The molecule has 4 aromatic rings. The average molecular weight is 428 g/mol. The number of carbonyl (C=O) groups is 1. The van der Waals surface area contributed by atoms with Crippen LogP contribution in [0.25, 0.3) is 22.2 Å². The van der Waals surface area contributed by atoms with Crippen LogP contribution in [0.3, 0.4) is 0 Å². The molecular formula is C26H25N3O3. The summed E-state index contributed by atoms with van der Waals surface area (Å²) in [4.78, 5) is 19.7. The number of aryl methyl sites for hydroxylation is 1. The third-order valence-electron chi connectivity index (χ3n) is 5.90. The van der Waals surface area contributed by atoms with Gasteiger partial charge in [0.25, 0.3) is 5.91 Å². The lowest BCUT2D eigenvalue weighted by atomic mass is 10.0. The van der Waals surface area contributed by atoms with Gasteiger partial charge in [-0.15, -0.1) is 0 Å². The van der Waals surface area contributed by atoms with Crippen LogP contribution in [0.2, 0.25) is 0 Å². The first-order chi connectivity index (χ1) is 15.7. The molecule has 0 N–H and O–H groups in total. The highest BCUT2D eigenvalue weighted by atomic mass is 16.5. The van der Waals surface area contributed by atoms with Gasteiger partial charge in [0, 0.05) is 36.4 Å². The van der Waals surface area contributed by atoms with Gasteiger partial charge in [0.15, 0.2) is 0 Å².